The van der Waals surface area contributed by atoms with Crippen molar-refractivity contribution in [3.05, 3.63) is 128 Å². The van der Waals surface area contributed by atoms with Gasteiger partial charge in [0, 0.05) is 27.9 Å². The van der Waals surface area contributed by atoms with Gasteiger partial charge in [0.15, 0.2) is 0 Å². The van der Waals surface area contributed by atoms with Crippen molar-refractivity contribution in [3.8, 4) is 17.2 Å². The van der Waals surface area contributed by atoms with Crippen LogP contribution < -0.4 is 0 Å². The van der Waals surface area contributed by atoms with E-state index in [1.807, 2.05) is 24.3 Å². The molecule has 5 heteroatoms. The number of rotatable bonds is 2. The average Bonchev–Trinajstić information content (AvgIpc) is 3.53. The Labute approximate surface area is 228 Å². The molecule has 0 atom stereocenters. The molecule has 5 aromatic carbocycles. The fourth-order valence-electron chi connectivity index (χ4n) is 6.04. The molecule has 0 unspecified atom stereocenters. The predicted molar refractivity (Wildman–Crippen MR) is 163 cm³/mol. The summed E-state index contributed by atoms with van der Waals surface area (Å²) in [5.74, 6) is 0.650. The summed E-state index contributed by atoms with van der Waals surface area (Å²) in [7, 11) is 0. The third kappa shape index (κ3) is 3.00. The predicted octanol–water partition coefficient (Wildman–Crippen LogP) is 8.35. The van der Waals surface area contributed by atoms with Crippen LogP contribution >= 0.6 is 0 Å². The average molecular weight is 512 g/mol. The fraction of sp³-hybridized carbons (Fsp3) is 0. The molecule has 0 aliphatic heterocycles. The molecule has 0 amide bonds. The summed E-state index contributed by atoms with van der Waals surface area (Å²) >= 11 is 0. The molecule has 0 radical (unpaired) electrons. The highest BCUT2D eigenvalue weighted by Crippen LogP contribution is 2.37. The van der Waals surface area contributed by atoms with Crippen LogP contribution in [0.25, 0.3) is 77.4 Å². The molecule has 0 fully saturated rings. The number of nitrogens with zero attached hydrogens (tertiary/aromatic N) is 5. The smallest absolute Gasteiger partial charge is 0.235 e. The molecule has 4 aromatic heterocycles. The van der Waals surface area contributed by atoms with E-state index in [2.05, 4.69) is 112 Å². The van der Waals surface area contributed by atoms with Crippen LogP contribution in [-0.2, 0) is 0 Å². The molecule has 9 rings (SSSR count). The van der Waals surface area contributed by atoms with E-state index in [0.29, 0.717) is 5.95 Å². The Morgan fingerprint density at radius 2 is 1.18 bits per heavy atom. The van der Waals surface area contributed by atoms with Gasteiger partial charge in [0.05, 0.1) is 33.3 Å². The van der Waals surface area contributed by atoms with Crippen molar-refractivity contribution in [2.24, 2.45) is 0 Å². The minimum atomic E-state index is 0.650. The van der Waals surface area contributed by atoms with Crippen molar-refractivity contribution in [2.75, 3.05) is 0 Å². The largest absolute Gasteiger partial charge is 0.297 e. The quantitative estimate of drug-likeness (QED) is 0.234. The number of aromatic nitrogens is 5. The zero-order valence-corrected chi connectivity index (χ0v) is 21.4. The van der Waals surface area contributed by atoms with Crippen molar-refractivity contribution in [3.63, 3.8) is 0 Å². The summed E-state index contributed by atoms with van der Waals surface area (Å²) in [6.45, 7) is 0. The van der Waals surface area contributed by atoms with E-state index in [9.17, 15) is 0 Å². The molecule has 0 bridgehead atoms. The van der Waals surface area contributed by atoms with Gasteiger partial charge in [-0.25, -0.2) is 15.0 Å². The van der Waals surface area contributed by atoms with E-state index in [1.54, 1.807) is 0 Å². The molecule has 0 aliphatic rings. The van der Waals surface area contributed by atoms with E-state index in [0.717, 1.165) is 60.6 Å². The van der Waals surface area contributed by atoms with E-state index < -0.39 is 0 Å². The van der Waals surface area contributed by atoms with Crippen molar-refractivity contribution in [1.82, 2.24) is 23.9 Å². The molecule has 0 N–H and O–H groups in total. The number of fused-ring (bicyclic) bond motifs is 8. The summed E-state index contributed by atoms with van der Waals surface area (Å²) in [5, 5.41) is 5.69. The Morgan fingerprint density at radius 1 is 0.475 bits per heavy atom. The second kappa shape index (κ2) is 7.98. The van der Waals surface area contributed by atoms with Crippen molar-refractivity contribution < 1.29 is 0 Å². The number of para-hydroxylation sites is 3. The monoisotopic (exact) mass is 511 g/mol. The van der Waals surface area contributed by atoms with Gasteiger partial charge in [-0.05, 0) is 47.2 Å². The molecule has 0 aliphatic carbocycles. The van der Waals surface area contributed by atoms with Gasteiger partial charge in [-0.15, -0.1) is 0 Å². The van der Waals surface area contributed by atoms with Gasteiger partial charge in [-0.1, -0.05) is 84.9 Å². The van der Waals surface area contributed by atoms with E-state index in [4.69, 9.17) is 15.0 Å². The van der Waals surface area contributed by atoms with Crippen molar-refractivity contribution >= 4 is 60.2 Å². The Morgan fingerprint density at radius 3 is 2.05 bits per heavy atom. The Kier molecular flexibility index (Phi) is 4.27. The number of imidazole rings is 1. The summed E-state index contributed by atoms with van der Waals surface area (Å²) in [6, 6.07) is 42.1. The summed E-state index contributed by atoms with van der Waals surface area (Å²) in [5.41, 5.74) is 7.98. The van der Waals surface area contributed by atoms with Crippen LogP contribution in [-0.4, -0.2) is 23.9 Å². The Balaban J connectivity index is 1.47. The maximum Gasteiger partial charge on any atom is 0.235 e. The van der Waals surface area contributed by atoms with Gasteiger partial charge in [0.1, 0.15) is 5.65 Å². The number of hydrogen-bond donors (Lipinski definition) is 0. The molecular formula is C35H21N5. The van der Waals surface area contributed by atoms with Crippen LogP contribution in [0.15, 0.2) is 128 Å². The summed E-state index contributed by atoms with van der Waals surface area (Å²) in [4.78, 5) is 15.3. The molecular weight excluding hydrogens is 490 g/mol. The highest BCUT2D eigenvalue weighted by atomic mass is 15.2. The van der Waals surface area contributed by atoms with Crippen LogP contribution in [0.4, 0.5) is 0 Å². The minimum absolute atomic E-state index is 0.650. The minimum Gasteiger partial charge on any atom is -0.297 e. The highest BCUT2D eigenvalue weighted by Gasteiger charge is 2.19. The number of benzene rings is 5. The maximum atomic E-state index is 5.25. The van der Waals surface area contributed by atoms with Crippen molar-refractivity contribution in [1.29, 1.82) is 0 Å². The SMILES string of the molecule is c1ccc(-c2nc(-n3c4cc5ccccc5cc4c4cc5nc6ccccc6n5cc43)nc3ccccc23)cc1. The first kappa shape index (κ1) is 21.4. The lowest BCUT2D eigenvalue weighted by atomic mass is 10.1. The zero-order valence-electron chi connectivity index (χ0n) is 21.4. The normalized spacial score (nSPS) is 12.0. The lowest BCUT2D eigenvalue weighted by Crippen LogP contribution is -2.04. The third-order valence-electron chi connectivity index (χ3n) is 7.90. The molecule has 9 aromatic rings. The first-order valence-corrected chi connectivity index (χ1v) is 13.4. The van der Waals surface area contributed by atoms with Crippen LogP contribution in [0.3, 0.4) is 0 Å². The molecule has 5 nitrogen and oxygen atoms in total. The van der Waals surface area contributed by atoms with Crippen LogP contribution in [0.1, 0.15) is 0 Å². The molecule has 0 saturated carbocycles. The molecule has 186 valence electrons. The van der Waals surface area contributed by atoms with Gasteiger partial charge >= 0.3 is 0 Å². The van der Waals surface area contributed by atoms with Crippen LogP contribution in [0.2, 0.25) is 0 Å². The molecule has 0 spiro atoms. The van der Waals surface area contributed by atoms with Crippen LogP contribution in [0, 0.1) is 0 Å². The van der Waals surface area contributed by atoms with Gasteiger partial charge in [-0.2, -0.15) is 0 Å². The zero-order chi connectivity index (χ0) is 26.2. The Bertz CT molecular complexity index is 2430. The van der Waals surface area contributed by atoms with Crippen LogP contribution in [0.5, 0.6) is 0 Å². The van der Waals surface area contributed by atoms with Gasteiger partial charge in [-0.3, -0.25) is 8.97 Å². The Hall–Kier alpha value is -5.55. The van der Waals surface area contributed by atoms with Gasteiger partial charge in [0.25, 0.3) is 0 Å². The molecule has 0 saturated heterocycles. The maximum absolute atomic E-state index is 5.25. The number of hydrogen-bond acceptors (Lipinski definition) is 3. The molecule has 4 heterocycles. The lowest BCUT2D eigenvalue weighted by Gasteiger charge is -2.12. The van der Waals surface area contributed by atoms with Gasteiger partial charge < -0.3 is 0 Å². The van der Waals surface area contributed by atoms with Crippen molar-refractivity contribution in [2.45, 2.75) is 0 Å². The number of pyridine rings is 1. The lowest BCUT2D eigenvalue weighted by molar-refractivity contribution is 1.01. The molecule has 40 heavy (non-hydrogen) atoms. The van der Waals surface area contributed by atoms with Gasteiger partial charge in [0.2, 0.25) is 5.95 Å². The first-order chi connectivity index (χ1) is 19.8. The van der Waals surface area contributed by atoms with E-state index in [-0.39, 0.29) is 0 Å². The fourth-order valence-corrected chi connectivity index (χ4v) is 6.04. The highest BCUT2D eigenvalue weighted by molar-refractivity contribution is 6.14. The third-order valence-corrected chi connectivity index (χ3v) is 7.90. The summed E-state index contributed by atoms with van der Waals surface area (Å²) in [6.07, 6.45) is 2.19. The second-order valence-electron chi connectivity index (χ2n) is 10.2. The standard InChI is InChI=1S/C35H21N5/c1-2-10-22(11-3-1)34-25-14-6-7-15-28(25)37-35(38-34)40-31-19-24-13-5-4-12-23(24)18-26(31)27-20-33-36-29-16-8-9-17-30(29)39(33)21-32(27)40/h1-21H. The second-order valence-corrected chi connectivity index (χ2v) is 10.2. The van der Waals surface area contributed by atoms with E-state index in [1.165, 1.54) is 10.8 Å². The first-order valence-electron chi connectivity index (χ1n) is 13.4. The van der Waals surface area contributed by atoms with E-state index >= 15 is 0 Å². The summed E-state index contributed by atoms with van der Waals surface area (Å²) < 4.78 is 4.39. The topological polar surface area (TPSA) is 48.0 Å².